The lowest BCUT2D eigenvalue weighted by atomic mass is 9.83. The van der Waals surface area contributed by atoms with Crippen molar-refractivity contribution >= 4 is 11.9 Å². The van der Waals surface area contributed by atoms with Gasteiger partial charge in [0.15, 0.2) is 11.4 Å². The molecule has 2 aromatic heterocycles. The molecule has 2 aliphatic rings. The fourth-order valence-corrected chi connectivity index (χ4v) is 5.34. The van der Waals surface area contributed by atoms with Gasteiger partial charge >= 0.3 is 12.0 Å². The number of nitrogens with two attached hydrogens (primary N) is 1. The van der Waals surface area contributed by atoms with Crippen molar-refractivity contribution in [2.45, 2.75) is 50.9 Å². The van der Waals surface area contributed by atoms with Crippen LogP contribution in [0.2, 0.25) is 0 Å². The molecule has 0 bridgehead atoms. The van der Waals surface area contributed by atoms with E-state index >= 15 is 0 Å². The van der Waals surface area contributed by atoms with Gasteiger partial charge in [-0.2, -0.15) is 4.98 Å². The topological polar surface area (TPSA) is 152 Å². The molecule has 2 fully saturated rings. The number of benzene rings is 2. The van der Waals surface area contributed by atoms with E-state index in [4.69, 9.17) is 29.7 Å². The highest BCUT2D eigenvalue weighted by molar-refractivity contribution is 5.88. The van der Waals surface area contributed by atoms with Crippen LogP contribution in [0.3, 0.4) is 0 Å². The summed E-state index contributed by atoms with van der Waals surface area (Å²) in [6.45, 7) is 1.57. The van der Waals surface area contributed by atoms with Crippen LogP contribution in [0.15, 0.2) is 66.9 Å². The van der Waals surface area contributed by atoms with Crippen molar-refractivity contribution in [3.8, 4) is 34.4 Å². The molecule has 1 saturated heterocycles. The Morgan fingerprint density at radius 3 is 2.36 bits per heavy atom. The number of nitrogens with one attached hydrogen (secondary N) is 1. The van der Waals surface area contributed by atoms with Gasteiger partial charge in [0.05, 0.1) is 30.3 Å². The van der Waals surface area contributed by atoms with Gasteiger partial charge in [-0.25, -0.2) is 14.4 Å². The average molecular weight is 602 g/mol. The number of H-pyrrole nitrogens is 1. The number of ether oxygens (including phenoxy) is 4. The predicted molar refractivity (Wildman–Crippen MR) is 155 cm³/mol. The van der Waals surface area contributed by atoms with Gasteiger partial charge in [-0.3, -0.25) is 9.59 Å². The van der Waals surface area contributed by atoms with Crippen LogP contribution in [-0.4, -0.2) is 50.6 Å². The van der Waals surface area contributed by atoms with Gasteiger partial charge < -0.3 is 29.7 Å². The highest BCUT2D eigenvalue weighted by Crippen LogP contribution is 2.39. The molecule has 1 saturated carbocycles. The maximum absolute atomic E-state index is 13.8. The Kier molecular flexibility index (Phi) is 8.11. The molecule has 0 unspecified atom stereocenters. The van der Waals surface area contributed by atoms with Gasteiger partial charge in [-0.15, -0.1) is 0 Å². The zero-order valence-corrected chi connectivity index (χ0v) is 24.1. The smallest absolute Gasteiger partial charge is 0.322 e. The minimum atomic E-state index is -1.31. The molecule has 1 aliphatic heterocycles. The van der Waals surface area contributed by atoms with E-state index in [1.165, 1.54) is 12.1 Å². The largest absolute Gasteiger partial charge is 0.448 e. The number of para-hydroxylation sites is 1. The molecule has 44 heavy (non-hydrogen) atoms. The molecule has 11 nitrogen and oxygen atoms in total. The summed E-state index contributed by atoms with van der Waals surface area (Å²) in [6.07, 6.45) is 3.88. The van der Waals surface area contributed by atoms with Crippen molar-refractivity contribution in [3.05, 3.63) is 78.5 Å². The standard InChI is InChI=1S/C32H32FN5O6/c1-31(29(40)44-32(28(34)39)15-6-3-7-16-32)18-41-27(42-19-31)26-37-24(20-10-12-21(33)13-11-20)25(38-26)23-14-17-35-30(36-23)43-22-8-4-2-5-9-22/h2,4-5,8-14,17,27H,3,6-7,15-16,18-19H2,1H3,(H2,34,39)(H,37,38). The summed E-state index contributed by atoms with van der Waals surface area (Å²) < 4.78 is 37.3. The van der Waals surface area contributed by atoms with Gasteiger partial charge in [-0.05, 0) is 75.1 Å². The van der Waals surface area contributed by atoms with E-state index in [0.29, 0.717) is 47.1 Å². The van der Waals surface area contributed by atoms with Crippen molar-refractivity contribution in [3.63, 3.8) is 0 Å². The van der Waals surface area contributed by atoms with Crippen LogP contribution in [0.1, 0.15) is 51.1 Å². The number of imidazole rings is 1. The first-order valence-corrected chi connectivity index (χ1v) is 14.4. The van der Waals surface area contributed by atoms with E-state index in [0.717, 1.165) is 19.3 Å². The van der Waals surface area contributed by atoms with Crippen molar-refractivity contribution in [2.75, 3.05) is 13.2 Å². The second-order valence-electron chi connectivity index (χ2n) is 11.3. The molecule has 0 atom stereocenters. The first-order chi connectivity index (χ1) is 21.2. The molecular formula is C32H32FN5O6. The molecule has 4 aromatic rings. The number of nitrogens with zero attached hydrogens (tertiary/aromatic N) is 3. The Balaban J connectivity index is 1.24. The second kappa shape index (κ2) is 12.1. The third kappa shape index (κ3) is 6.03. The quantitative estimate of drug-likeness (QED) is 0.258. The van der Waals surface area contributed by atoms with Crippen molar-refractivity contribution in [2.24, 2.45) is 11.1 Å². The Bertz CT molecular complexity index is 1630. The number of primary amides is 1. The minimum Gasteiger partial charge on any atom is -0.448 e. The van der Waals surface area contributed by atoms with E-state index < -0.39 is 29.2 Å². The van der Waals surface area contributed by atoms with E-state index in [1.807, 2.05) is 18.2 Å². The van der Waals surface area contributed by atoms with Crippen LogP contribution >= 0.6 is 0 Å². The van der Waals surface area contributed by atoms with Gasteiger partial charge in [-0.1, -0.05) is 24.6 Å². The fourth-order valence-electron chi connectivity index (χ4n) is 5.34. The zero-order valence-electron chi connectivity index (χ0n) is 24.1. The number of carbonyl (C=O) groups is 2. The third-order valence-corrected chi connectivity index (χ3v) is 7.90. The number of hydrogen-bond acceptors (Lipinski definition) is 9. The average Bonchev–Trinajstić information content (AvgIpc) is 3.48. The monoisotopic (exact) mass is 601 g/mol. The Morgan fingerprint density at radius 2 is 1.68 bits per heavy atom. The van der Waals surface area contributed by atoms with Gasteiger partial charge in [0, 0.05) is 11.8 Å². The Labute approximate surface area is 252 Å². The van der Waals surface area contributed by atoms with Crippen LogP contribution in [0, 0.1) is 11.2 Å². The number of hydrogen-bond donors (Lipinski definition) is 2. The number of amides is 1. The van der Waals surface area contributed by atoms with Crippen LogP contribution in [0.25, 0.3) is 22.6 Å². The minimum absolute atomic E-state index is 0.0458. The van der Waals surface area contributed by atoms with E-state index in [2.05, 4.69) is 15.0 Å². The number of carbonyl (C=O) groups excluding carboxylic acids is 2. The van der Waals surface area contributed by atoms with Crippen LogP contribution in [0.5, 0.6) is 11.8 Å². The lowest BCUT2D eigenvalue weighted by Gasteiger charge is -2.39. The van der Waals surface area contributed by atoms with Gasteiger partial charge in [0.2, 0.25) is 6.29 Å². The summed E-state index contributed by atoms with van der Waals surface area (Å²) in [6, 6.07) is 16.9. The summed E-state index contributed by atoms with van der Waals surface area (Å²) in [7, 11) is 0. The molecule has 2 aromatic carbocycles. The van der Waals surface area contributed by atoms with Crippen molar-refractivity contribution < 1.29 is 32.9 Å². The number of rotatable bonds is 8. The molecule has 3 N–H and O–H groups in total. The third-order valence-electron chi connectivity index (χ3n) is 7.90. The molecule has 6 rings (SSSR count). The summed E-state index contributed by atoms with van der Waals surface area (Å²) in [5, 5.41) is 0. The van der Waals surface area contributed by atoms with Gasteiger partial charge in [0.25, 0.3) is 5.91 Å². The summed E-state index contributed by atoms with van der Waals surface area (Å²) >= 11 is 0. The highest BCUT2D eigenvalue weighted by atomic mass is 19.1. The van der Waals surface area contributed by atoms with Crippen molar-refractivity contribution in [1.82, 2.24) is 19.9 Å². The lowest BCUT2D eigenvalue weighted by Crippen LogP contribution is -2.53. The maximum Gasteiger partial charge on any atom is 0.322 e. The Hall–Kier alpha value is -4.68. The highest BCUT2D eigenvalue weighted by Gasteiger charge is 2.48. The van der Waals surface area contributed by atoms with E-state index in [9.17, 15) is 14.0 Å². The number of aromatic amines is 1. The SMILES string of the molecule is CC1(C(=O)OC2(C(N)=O)CCCCC2)COC(c2nc(-c3ccc(F)cc3)c(-c3ccnc(Oc4ccccc4)n3)[nH]2)OC1. The first-order valence-electron chi connectivity index (χ1n) is 14.4. The molecular weight excluding hydrogens is 569 g/mol. The lowest BCUT2D eigenvalue weighted by molar-refractivity contribution is -0.243. The fraction of sp³-hybridized carbons (Fsp3) is 0.344. The van der Waals surface area contributed by atoms with E-state index in [-0.39, 0.29) is 25.0 Å². The Morgan fingerprint density at radius 1 is 0.977 bits per heavy atom. The molecule has 0 spiro atoms. The molecule has 3 heterocycles. The number of esters is 1. The number of halogens is 1. The molecule has 12 heteroatoms. The zero-order chi connectivity index (χ0) is 30.7. The van der Waals surface area contributed by atoms with Crippen LogP contribution < -0.4 is 10.5 Å². The second-order valence-corrected chi connectivity index (χ2v) is 11.3. The summed E-state index contributed by atoms with van der Waals surface area (Å²) in [4.78, 5) is 42.3. The predicted octanol–water partition coefficient (Wildman–Crippen LogP) is 5.25. The normalized spacial score (nSPS) is 21.4. The molecule has 228 valence electrons. The molecule has 1 aliphatic carbocycles. The first kappa shape index (κ1) is 29.4. The molecule has 0 radical (unpaired) electrons. The summed E-state index contributed by atoms with van der Waals surface area (Å²) in [5.41, 5.74) is 5.27. The molecule has 1 amide bonds. The van der Waals surface area contributed by atoms with Crippen LogP contribution in [-0.2, 0) is 23.8 Å². The summed E-state index contributed by atoms with van der Waals surface area (Å²) in [5.74, 6) is -0.730. The maximum atomic E-state index is 13.8. The number of aromatic nitrogens is 4. The van der Waals surface area contributed by atoms with Crippen molar-refractivity contribution in [1.29, 1.82) is 0 Å². The van der Waals surface area contributed by atoms with Crippen LogP contribution in [0.4, 0.5) is 4.39 Å². The van der Waals surface area contributed by atoms with Gasteiger partial charge in [0.1, 0.15) is 17.0 Å². The van der Waals surface area contributed by atoms with E-state index in [1.54, 1.807) is 43.5 Å².